The first kappa shape index (κ1) is 17.5. The molecule has 0 radical (unpaired) electrons. The Hall–Kier alpha value is -2.89. The first-order valence-electron chi connectivity index (χ1n) is 9.46. The Labute approximate surface area is 159 Å². The molecule has 1 amide bonds. The summed E-state index contributed by atoms with van der Waals surface area (Å²) in [5.41, 5.74) is 5.40. The van der Waals surface area contributed by atoms with E-state index in [1.807, 2.05) is 33.0 Å². The van der Waals surface area contributed by atoms with Crippen LogP contribution in [0.15, 0.2) is 30.3 Å². The van der Waals surface area contributed by atoms with Gasteiger partial charge in [-0.05, 0) is 44.4 Å². The van der Waals surface area contributed by atoms with Crippen LogP contribution in [0.5, 0.6) is 0 Å². The number of benzene rings is 1. The maximum absolute atomic E-state index is 13.0. The first-order valence-corrected chi connectivity index (χ1v) is 9.46. The van der Waals surface area contributed by atoms with Gasteiger partial charge in [-0.1, -0.05) is 18.2 Å². The molecule has 27 heavy (non-hydrogen) atoms. The van der Waals surface area contributed by atoms with Gasteiger partial charge in [-0.15, -0.1) is 0 Å². The third kappa shape index (κ3) is 3.27. The van der Waals surface area contributed by atoms with Gasteiger partial charge in [0.2, 0.25) is 0 Å². The second kappa shape index (κ2) is 7.02. The first-order chi connectivity index (χ1) is 13.0. The quantitative estimate of drug-likeness (QED) is 0.774. The lowest BCUT2D eigenvalue weighted by Crippen LogP contribution is -2.26. The van der Waals surface area contributed by atoms with E-state index in [1.165, 1.54) is 18.5 Å². The summed E-state index contributed by atoms with van der Waals surface area (Å²) in [5, 5.41) is 8.36. The van der Waals surface area contributed by atoms with Crippen molar-refractivity contribution in [3.63, 3.8) is 0 Å². The van der Waals surface area contributed by atoms with E-state index in [-0.39, 0.29) is 5.91 Å². The minimum atomic E-state index is -0.0853. The molecule has 1 aromatic carbocycles. The molecule has 0 bridgehead atoms. The summed E-state index contributed by atoms with van der Waals surface area (Å²) in [4.78, 5) is 19.9. The molecule has 6 nitrogen and oxygen atoms in total. The van der Waals surface area contributed by atoms with Crippen LogP contribution in [0.2, 0.25) is 0 Å². The van der Waals surface area contributed by atoms with E-state index >= 15 is 0 Å². The fraction of sp³-hybridized carbons (Fsp3) is 0.381. The number of carbonyl (C=O) groups excluding carboxylic acids is 1. The molecular formula is C21H25N5O. The number of hydrogen-bond donors (Lipinski definition) is 1. The Morgan fingerprint density at radius 1 is 1.19 bits per heavy atom. The van der Waals surface area contributed by atoms with Gasteiger partial charge < -0.3 is 10.2 Å². The summed E-state index contributed by atoms with van der Waals surface area (Å²) in [5.74, 6) is -0.0853. The number of nitrogens with zero attached hydrogens (tertiary/aromatic N) is 4. The van der Waals surface area contributed by atoms with Crippen LogP contribution in [0.3, 0.4) is 0 Å². The predicted molar refractivity (Wildman–Crippen MR) is 107 cm³/mol. The maximum Gasteiger partial charge on any atom is 0.252 e. The molecule has 0 saturated carbocycles. The molecule has 140 valence electrons. The molecule has 3 aromatic rings. The molecule has 2 aromatic heterocycles. The van der Waals surface area contributed by atoms with Gasteiger partial charge in [0.25, 0.3) is 5.91 Å². The van der Waals surface area contributed by atoms with Crippen LogP contribution in [-0.2, 0) is 13.6 Å². The Morgan fingerprint density at radius 3 is 2.70 bits per heavy atom. The Bertz CT molecular complexity index is 1000. The molecular weight excluding hydrogens is 338 g/mol. The van der Waals surface area contributed by atoms with Gasteiger partial charge in [-0.2, -0.15) is 5.10 Å². The van der Waals surface area contributed by atoms with E-state index in [0.717, 1.165) is 41.1 Å². The van der Waals surface area contributed by atoms with Crippen LogP contribution in [0.1, 0.15) is 40.2 Å². The highest BCUT2D eigenvalue weighted by molar-refractivity contribution is 6.06. The smallest absolute Gasteiger partial charge is 0.252 e. The van der Waals surface area contributed by atoms with Gasteiger partial charge in [-0.25, -0.2) is 4.98 Å². The molecule has 3 heterocycles. The van der Waals surface area contributed by atoms with Crippen LogP contribution in [0.4, 0.5) is 5.69 Å². The third-order valence-corrected chi connectivity index (χ3v) is 5.22. The largest absolute Gasteiger partial charge is 0.371 e. The van der Waals surface area contributed by atoms with Crippen molar-refractivity contribution < 1.29 is 4.79 Å². The number of hydrogen-bond acceptors (Lipinski definition) is 4. The van der Waals surface area contributed by atoms with Gasteiger partial charge in [0.05, 0.1) is 16.6 Å². The number of pyridine rings is 1. The lowest BCUT2D eigenvalue weighted by Gasteiger charge is -2.21. The van der Waals surface area contributed by atoms with Gasteiger partial charge in [0.15, 0.2) is 5.65 Å². The lowest BCUT2D eigenvalue weighted by molar-refractivity contribution is 0.0952. The highest BCUT2D eigenvalue weighted by Gasteiger charge is 2.19. The number of rotatable bonds is 4. The van der Waals surface area contributed by atoms with Crippen LogP contribution in [-0.4, -0.2) is 33.8 Å². The van der Waals surface area contributed by atoms with Crippen molar-refractivity contribution in [2.24, 2.45) is 7.05 Å². The number of carbonyl (C=O) groups is 1. The zero-order valence-corrected chi connectivity index (χ0v) is 16.1. The molecule has 0 unspecified atom stereocenters. The van der Waals surface area contributed by atoms with Crippen molar-refractivity contribution in [3.8, 4) is 0 Å². The van der Waals surface area contributed by atoms with Crippen LogP contribution < -0.4 is 10.2 Å². The fourth-order valence-corrected chi connectivity index (χ4v) is 3.95. The van der Waals surface area contributed by atoms with Gasteiger partial charge in [0.1, 0.15) is 0 Å². The van der Waals surface area contributed by atoms with Gasteiger partial charge in [0, 0.05) is 38.1 Å². The average Bonchev–Trinajstić information content (AvgIpc) is 3.28. The van der Waals surface area contributed by atoms with E-state index in [9.17, 15) is 4.79 Å². The van der Waals surface area contributed by atoms with Crippen molar-refractivity contribution in [2.45, 2.75) is 33.2 Å². The number of fused-ring (bicyclic) bond motifs is 1. The standard InChI is InChI=1S/C21H25N5O/c1-14-12-17(19-15(2)24-25(3)20(19)23-14)21(27)22-13-16-8-4-5-9-18(16)26-10-6-7-11-26/h4-5,8-9,12H,6-7,10-11,13H2,1-3H3,(H,22,27). The van der Waals surface area contributed by atoms with E-state index < -0.39 is 0 Å². The van der Waals surface area contributed by atoms with Crippen LogP contribution >= 0.6 is 0 Å². The molecule has 0 spiro atoms. The summed E-state index contributed by atoms with van der Waals surface area (Å²) in [6.07, 6.45) is 2.46. The number of para-hydroxylation sites is 1. The topological polar surface area (TPSA) is 63.1 Å². The number of anilines is 1. The summed E-state index contributed by atoms with van der Waals surface area (Å²) in [7, 11) is 1.86. The summed E-state index contributed by atoms with van der Waals surface area (Å²) in [6, 6.07) is 10.2. The third-order valence-electron chi connectivity index (χ3n) is 5.22. The molecule has 0 atom stereocenters. The van der Waals surface area contributed by atoms with Crippen molar-refractivity contribution in [3.05, 3.63) is 52.8 Å². The highest BCUT2D eigenvalue weighted by atomic mass is 16.1. The minimum Gasteiger partial charge on any atom is -0.371 e. The summed E-state index contributed by atoms with van der Waals surface area (Å²) >= 11 is 0. The molecule has 0 aliphatic carbocycles. The van der Waals surface area contributed by atoms with E-state index in [0.29, 0.717) is 12.1 Å². The number of aryl methyl sites for hydroxylation is 3. The highest BCUT2D eigenvalue weighted by Crippen LogP contribution is 2.25. The van der Waals surface area contributed by atoms with Crippen molar-refractivity contribution in [1.29, 1.82) is 0 Å². The molecule has 1 fully saturated rings. The summed E-state index contributed by atoms with van der Waals surface area (Å²) < 4.78 is 1.73. The van der Waals surface area contributed by atoms with Crippen LogP contribution in [0, 0.1) is 13.8 Å². The fourth-order valence-electron chi connectivity index (χ4n) is 3.95. The predicted octanol–water partition coefficient (Wildman–Crippen LogP) is 3.12. The molecule has 1 aliphatic rings. The Balaban J connectivity index is 1.60. The zero-order valence-electron chi connectivity index (χ0n) is 16.1. The van der Waals surface area contributed by atoms with Crippen molar-refractivity contribution in [1.82, 2.24) is 20.1 Å². The normalized spacial score (nSPS) is 14.1. The monoisotopic (exact) mass is 363 g/mol. The molecule has 4 rings (SSSR count). The second-order valence-corrected chi connectivity index (χ2v) is 7.22. The number of amides is 1. The van der Waals surface area contributed by atoms with Gasteiger partial charge >= 0.3 is 0 Å². The Kier molecular flexibility index (Phi) is 4.56. The lowest BCUT2D eigenvalue weighted by atomic mass is 10.1. The zero-order chi connectivity index (χ0) is 19.0. The molecule has 1 N–H and O–H groups in total. The summed E-state index contributed by atoms with van der Waals surface area (Å²) in [6.45, 7) is 6.50. The molecule has 1 saturated heterocycles. The second-order valence-electron chi connectivity index (χ2n) is 7.22. The maximum atomic E-state index is 13.0. The van der Waals surface area contributed by atoms with E-state index in [1.54, 1.807) is 4.68 Å². The van der Waals surface area contributed by atoms with Crippen LogP contribution in [0.25, 0.3) is 11.0 Å². The number of nitrogens with one attached hydrogen (secondary N) is 1. The SMILES string of the molecule is Cc1cc(C(=O)NCc2ccccc2N2CCCC2)c2c(C)nn(C)c2n1. The molecule has 1 aliphatic heterocycles. The minimum absolute atomic E-state index is 0.0853. The van der Waals surface area contributed by atoms with E-state index in [2.05, 4.69) is 38.5 Å². The molecule has 6 heteroatoms. The average molecular weight is 363 g/mol. The van der Waals surface area contributed by atoms with E-state index in [4.69, 9.17) is 0 Å². The number of aromatic nitrogens is 3. The van der Waals surface area contributed by atoms with Crippen molar-refractivity contribution in [2.75, 3.05) is 18.0 Å². The van der Waals surface area contributed by atoms with Gasteiger partial charge in [-0.3, -0.25) is 9.48 Å². The van der Waals surface area contributed by atoms with Crippen molar-refractivity contribution >= 4 is 22.6 Å². The Morgan fingerprint density at radius 2 is 1.93 bits per heavy atom.